The molecule has 0 unspecified atom stereocenters. The number of halogens is 1. The highest BCUT2D eigenvalue weighted by atomic mass is 79.9. The van der Waals surface area contributed by atoms with Crippen LogP contribution in [0, 0.1) is 0 Å². The Kier molecular flexibility index (Phi) is 4.47. The topological polar surface area (TPSA) is 49.6 Å². The number of nitrogens with two attached hydrogens (primary N) is 1. The Morgan fingerprint density at radius 2 is 2.05 bits per heavy atom. The lowest BCUT2D eigenvalue weighted by atomic mass is 10.0. The largest absolute Gasteiger partial charge is 0.398 e. The molecular weight excluding hydrogens is 306 g/mol. The fraction of sp³-hybridized carbons (Fsp3) is 0.500. The molecular formula is C14H20BrN3O. The summed E-state index contributed by atoms with van der Waals surface area (Å²) in [6.45, 7) is 2.08. The van der Waals surface area contributed by atoms with Crippen LogP contribution in [-0.2, 0) is 0 Å². The number of amides is 1. The maximum atomic E-state index is 12.5. The van der Waals surface area contributed by atoms with Gasteiger partial charge in [0.25, 0.3) is 5.91 Å². The number of hydrogen-bond acceptors (Lipinski definition) is 3. The van der Waals surface area contributed by atoms with Crippen LogP contribution in [0.4, 0.5) is 5.69 Å². The summed E-state index contributed by atoms with van der Waals surface area (Å²) in [6, 6.07) is 5.71. The highest BCUT2D eigenvalue weighted by Gasteiger charge is 2.25. The van der Waals surface area contributed by atoms with Crippen LogP contribution < -0.4 is 5.73 Å². The van der Waals surface area contributed by atoms with E-state index in [4.69, 9.17) is 5.73 Å². The minimum atomic E-state index is 0.00773. The van der Waals surface area contributed by atoms with E-state index in [-0.39, 0.29) is 5.91 Å². The number of nitrogen functional groups attached to an aromatic ring is 1. The van der Waals surface area contributed by atoms with Crippen LogP contribution in [0.2, 0.25) is 0 Å². The van der Waals surface area contributed by atoms with Gasteiger partial charge in [-0.2, -0.15) is 0 Å². The first-order chi connectivity index (χ1) is 8.99. The van der Waals surface area contributed by atoms with Crippen molar-refractivity contribution in [3.63, 3.8) is 0 Å². The summed E-state index contributed by atoms with van der Waals surface area (Å²) in [5, 5.41) is 0. The average molecular weight is 326 g/mol. The zero-order valence-corrected chi connectivity index (χ0v) is 13.0. The van der Waals surface area contributed by atoms with Crippen molar-refractivity contribution in [3.05, 3.63) is 28.2 Å². The van der Waals surface area contributed by atoms with Gasteiger partial charge in [0.15, 0.2) is 0 Å². The van der Waals surface area contributed by atoms with Gasteiger partial charge in [0.1, 0.15) is 0 Å². The molecule has 19 heavy (non-hydrogen) atoms. The van der Waals surface area contributed by atoms with Gasteiger partial charge in [-0.1, -0.05) is 15.9 Å². The second-order valence-corrected chi connectivity index (χ2v) is 6.10. The SMILES string of the molecule is CN1CCC(N(C)C(=O)c2cc(Br)ccc2N)CC1. The second-order valence-electron chi connectivity index (χ2n) is 5.18. The number of nitrogens with zero attached hydrogens (tertiary/aromatic N) is 2. The average Bonchev–Trinajstić information content (AvgIpc) is 2.41. The Bertz CT molecular complexity index is 470. The van der Waals surface area contributed by atoms with Crippen LogP contribution in [0.5, 0.6) is 0 Å². The first-order valence-electron chi connectivity index (χ1n) is 6.50. The Labute approximate surface area is 122 Å². The van der Waals surface area contributed by atoms with E-state index in [9.17, 15) is 4.79 Å². The third kappa shape index (κ3) is 3.28. The Morgan fingerprint density at radius 3 is 2.68 bits per heavy atom. The van der Waals surface area contributed by atoms with Crippen molar-refractivity contribution in [3.8, 4) is 0 Å². The third-order valence-corrected chi connectivity index (χ3v) is 4.30. The van der Waals surface area contributed by atoms with Gasteiger partial charge in [-0.3, -0.25) is 4.79 Å². The van der Waals surface area contributed by atoms with E-state index in [0.717, 1.165) is 30.4 Å². The highest BCUT2D eigenvalue weighted by Crippen LogP contribution is 2.22. The minimum absolute atomic E-state index is 0.00773. The van der Waals surface area contributed by atoms with Gasteiger partial charge in [0.05, 0.1) is 5.56 Å². The van der Waals surface area contributed by atoms with Gasteiger partial charge in [0.2, 0.25) is 0 Å². The number of carbonyl (C=O) groups excluding carboxylic acids is 1. The van der Waals surface area contributed by atoms with E-state index < -0.39 is 0 Å². The number of anilines is 1. The molecule has 1 fully saturated rings. The zero-order chi connectivity index (χ0) is 14.0. The fourth-order valence-corrected chi connectivity index (χ4v) is 2.81. The number of hydrogen-bond donors (Lipinski definition) is 1. The summed E-state index contributed by atoms with van der Waals surface area (Å²) in [4.78, 5) is 16.6. The molecule has 1 aliphatic heterocycles. The van der Waals surface area contributed by atoms with Gasteiger partial charge < -0.3 is 15.5 Å². The predicted molar refractivity (Wildman–Crippen MR) is 81.2 cm³/mol. The van der Waals surface area contributed by atoms with Crippen molar-refractivity contribution >= 4 is 27.5 Å². The smallest absolute Gasteiger partial charge is 0.255 e. The van der Waals surface area contributed by atoms with Crippen LogP contribution in [0.25, 0.3) is 0 Å². The summed E-state index contributed by atoms with van der Waals surface area (Å²) in [5.41, 5.74) is 7.02. The molecule has 5 heteroatoms. The van der Waals surface area contributed by atoms with Gasteiger partial charge in [-0.25, -0.2) is 0 Å². The summed E-state index contributed by atoms with van der Waals surface area (Å²) in [5.74, 6) is 0.00773. The van der Waals surface area contributed by atoms with E-state index in [0.29, 0.717) is 17.3 Å². The van der Waals surface area contributed by atoms with Crippen LogP contribution in [-0.4, -0.2) is 48.9 Å². The van der Waals surface area contributed by atoms with Crippen LogP contribution in [0.1, 0.15) is 23.2 Å². The molecule has 2 N–H and O–H groups in total. The first-order valence-corrected chi connectivity index (χ1v) is 7.29. The molecule has 4 nitrogen and oxygen atoms in total. The van der Waals surface area contributed by atoms with Crippen molar-refractivity contribution in [1.29, 1.82) is 0 Å². The van der Waals surface area contributed by atoms with E-state index in [1.807, 2.05) is 18.0 Å². The number of carbonyl (C=O) groups is 1. The summed E-state index contributed by atoms with van der Waals surface area (Å²) in [7, 11) is 3.99. The molecule has 0 aliphatic carbocycles. The molecule has 0 radical (unpaired) electrons. The van der Waals surface area contributed by atoms with Gasteiger partial charge in [0, 0.05) is 23.2 Å². The number of piperidine rings is 1. The quantitative estimate of drug-likeness (QED) is 0.848. The molecule has 0 atom stereocenters. The summed E-state index contributed by atoms with van der Waals surface area (Å²) >= 11 is 3.38. The predicted octanol–water partition coefficient (Wildman–Crippen LogP) is 2.20. The Hall–Kier alpha value is -1.07. The fourth-order valence-electron chi connectivity index (χ4n) is 2.45. The molecule has 1 aromatic rings. The van der Waals surface area contributed by atoms with Gasteiger partial charge >= 0.3 is 0 Å². The second kappa shape index (κ2) is 5.92. The Balaban J connectivity index is 2.12. The first kappa shape index (κ1) is 14.3. The van der Waals surface area contributed by atoms with E-state index in [1.165, 1.54) is 0 Å². The van der Waals surface area contributed by atoms with Crippen molar-refractivity contribution in [1.82, 2.24) is 9.80 Å². The number of rotatable bonds is 2. The highest BCUT2D eigenvalue weighted by molar-refractivity contribution is 9.10. The van der Waals surface area contributed by atoms with Gasteiger partial charge in [-0.05, 0) is 51.2 Å². The van der Waals surface area contributed by atoms with E-state index in [2.05, 4.69) is 27.9 Å². The minimum Gasteiger partial charge on any atom is -0.398 e. The zero-order valence-electron chi connectivity index (χ0n) is 11.4. The maximum Gasteiger partial charge on any atom is 0.255 e. The van der Waals surface area contributed by atoms with E-state index >= 15 is 0 Å². The maximum absolute atomic E-state index is 12.5. The standard InChI is InChI=1S/C14H20BrN3O/c1-17-7-5-11(6-8-17)18(2)14(19)12-9-10(15)3-4-13(12)16/h3-4,9,11H,5-8,16H2,1-2H3. The summed E-state index contributed by atoms with van der Waals surface area (Å²) in [6.07, 6.45) is 2.04. The summed E-state index contributed by atoms with van der Waals surface area (Å²) < 4.78 is 0.877. The van der Waals surface area contributed by atoms with E-state index in [1.54, 1.807) is 12.1 Å². The molecule has 1 aliphatic rings. The van der Waals surface area contributed by atoms with Gasteiger partial charge in [-0.15, -0.1) is 0 Å². The molecule has 1 aromatic carbocycles. The molecule has 0 bridgehead atoms. The molecule has 0 aromatic heterocycles. The third-order valence-electron chi connectivity index (χ3n) is 3.80. The molecule has 104 valence electrons. The van der Waals surface area contributed by atoms with Crippen molar-refractivity contribution < 1.29 is 4.79 Å². The molecule has 1 amide bonds. The lowest BCUT2D eigenvalue weighted by Gasteiger charge is -2.35. The monoisotopic (exact) mass is 325 g/mol. The number of likely N-dealkylation sites (tertiary alicyclic amines) is 1. The van der Waals surface area contributed by atoms with Crippen LogP contribution in [0.3, 0.4) is 0 Å². The lowest BCUT2D eigenvalue weighted by molar-refractivity contribution is 0.0660. The molecule has 1 saturated heterocycles. The molecule has 0 spiro atoms. The van der Waals surface area contributed by atoms with Crippen molar-refractivity contribution in [2.24, 2.45) is 0 Å². The molecule has 0 saturated carbocycles. The van der Waals surface area contributed by atoms with Crippen molar-refractivity contribution in [2.75, 3.05) is 32.9 Å². The molecule has 2 rings (SSSR count). The lowest BCUT2D eigenvalue weighted by Crippen LogP contribution is -2.44. The number of benzene rings is 1. The Morgan fingerprint density at radius 1 is 1.42 bits per heavy atom. The normalized spacial score (nSPS) is 17.4. The van der Waals surface area contributed by atoms with Crippen LogP contribution in [0.15, 0.2) is 22.7 Å². The molecule has 1 heterocycles. The van der Waals surface area contributed by atoms with Crippen LogP contribution >= 0.6 is 15.9 Å². The van der Waals surface area contributed by atoms with Crippen molar-refractivity contribution in [2.45, 2.75) is 18.9 Å².